The van der Waals surface area contributed by atoms with Crippen molar-refractivity contribution in [2.24, 2.45) is 0 Å². The van der Waals surface area contributed by atoms with Gasteiger partial charge in [-0.2, -0.15) is 0 Å². The largest absolute Gasteiger partial charge is 0.370 e. The van der Waals surface area contributed by atoms with Gasteiger partial charge in [-0.1, -0.05) is 36.4 Å². The molecule has 0 radical (unpaired) electrons. The van der Waals surface area contributed by atoms with Crippen molar-refractivity contribution in [3.8, 4) is 0 Å². The summed E-state index contributed by atoms with van der Waals surface area (Å²) in [4.78, 5) is 26.1. The number of fused-ring (bicyclic) bond motifs is 2. The Bertz CT molecular complexity index is 1310. The molecule has 5 nitrogen and oxygen atoms in total. The van der Waals surface area contributed by atoms with Crippen LogP contribution in [-0.4, -0.2) is 16.3 Å². The second-order valence-electron chi connectivity index (χ2n) is 8.01. The Balaban J connectivity index is 1.42. The number of amides is 1. The predicted molar refractivity (Wildman–Crippen MR) is 126 cm³/mol. The maximum absolute atomic E-state index is 13.6. The first-order valence-corrected chi connectivity index (χ1v) is 10.6. The Morgan fingerprint density at radius 2 is 1.69 bits per heavy atom. The van der Waals surface area contributed by atoms with Crippen molar-refractivity contribution < 1.29 is 9.59 Å². The fraction of sp³-hybridized carbons (Fsp3) is 0.111. The Kier molecular flexibility index (Phi) is 5.07. The van der Waals surface area contributed by atoms with E-state index in [0.717, 1.165) is 29.1 Å². The van der Waals surface area contributed by atoms with Crippen molar-refractivity contribution in [3.63, 3.8) is 0 Å². The highest BCUT2D eigenvalue weighted by Crippen LogP contribution is 2.31. The fourth-order valence-electron chi connectivity index (χ4n) is 4.15. The molecule has 1 unspecified atom stereocenters. The van der Waals surface area contributed by atoms with Crippen LogP contribution in [0.2, 0.25) is 0 Å². The van der Waals surface area contributed by atoms with Gasteiger partial charge in [0.2, 0.25) is 0 Å². The van der Waals surface area contributed by atoms with E-state index in [1.165, 1.54) is 0 Å². The number of ketones is 1. The summed E-state index contributed by atoms with van der Waals surface area (Å²) >= 11 is 0. The summed E-state index contributed by atoms with van der Waals surface area (Å²) in [7, 11) is 0. The van der Waals surface area contributed by atoms with Gasteiger partial charge in [0.15, 0.2) is 5.78 Å². The number of benzene rings is 3. The number of rotatable bonds is 4. The van der Waals surface area contributed by atoms with Crippen molar-refractivity contribution in [3.05, 3.63) is 119 Å². The highest BCUT2D eigenvalue weighted by atomic mass is 16.1. The van der Waals surface area contributed by atoms with Gasteiger partial charge in [-0.25, -0.2) is 0 Å². The summed E-state index contributed by atoms with van der Waals surface area (Å²) in [6.07, 6.45) is 2.01. The van der Waals surface area contributed by atoms with Crippen LogP contribution in [0.15, 0.2) is 91.1 Å². The molecule has 5 rings (SSSR count). The number of nitrogens with one attached hydrogen (secondary N) is 2. The number of carbonyl (C=O) groups excluding carboxylic acids is 2. The number of anilines is 2. The lowest BCUT2D eigenvalue weighted by Crippen LogP contribution is -2.22. The van der Waals surface area contributed by atoms with Gasteiger partial charge < -0.3 is 15.2 Å². The Labute approximate surface area is 186 Å². The molecule has 3 aromatic carbocycles. The van der Waals surface area contributed by atoms with Crippen molar-refractivity contribution in [1.29, 1.82) is 0 Å². The molecule has 0 aliphatic carbocycles. The van der Waals surface area contributed by atoms with E-state index < -0.39 is 6.04 Å². The van der Waals surface area contributed by atoms with Gasteiger partial charge in [-0.05, 0) is 66.6 Å². The number of aryl methyl sites for hydroxylation is 1. The van der Waals surface area contributed by atoms with E-state index in [1.807, 2.05) is 67.7 Å². The minimum atomic E-state index is -0.488. The van der Waals surface area contributed by atoms with E-state index in [1.54, 1.807) is 24.3 Å². The smallest absolute Gasteiger partial charge is 0.255 e. The molecule has 1 aliphatic heterocycles. The molecule has 1 aromatic heterocycles. The van der Waals surface area contributed by atoms with Crippen LogP contribution >= 0.6 is 0 Å². The molecular weight excluding hydrogens is 398 g/mol. The molecule has 0 spiro atoms. The average Bonchev–Trinajstić information content (AvgIpc) is 3.21. The number of aromatic nitrogens is 1. The van der Waals surface area contributed by atoms with Gasteiger partial charge in [0.1, 0.15) is 6.04 Å². The van der Waals surface area contributed by atoms with E-state index >= 15 is 0 Å². The van der Waals surface area contributed by atoms with Crippen molar-refractivity contribution in [2.75, 3.05) is 10.6 Å². The monoisotopic (exact) mass is 421 g/mol. The van der Waals surface area contributed by atoms with Crippen LogP contribution in [0.1, 0.15) is 43.6 Å². The van der Waals surface area contributed by atoms with Gasteiger partial charge in [0.25, 0.3) is 5.91 Å². The highest BCUT2D eigenvalue weighted by molar-refractivity contribution is 6.06. The SMILES string of the molecule is Cc1cc(C(=O)C2Nc3ccccc3Cn3cccc32)ccc1NC(=O)c1ccccc1. The molecule has 4 aromatic rings. The summed E-state index contributed by atoms with van der Waals surface area (Å²) in [5, 5.41) is 6.38. The molecular formula is C27H23N3O2. The standard InChI is InChI=1S/C27H23N3O2/c1-18-16-20(13-14-22(18)29-27(32)19-8-3-2-4-9-19)26(31)25-24-12-7-15-30(24)17-21-10-5-6-11-23(21)28-25/h2-16,25,28H,17H2,1H3,(H,29,32). The quantitative estimate of drug-likeness (QED) is 0.431. The van der Waals surface area contributed by atoms with Crippen molar-refractivity contribution in [2.45, 2.75) is 19.5 Å². The molecule has 0 bridgehead atoms. The summed E-state index contributed by atoms with van der Waals surface area (Å²) in [5.41, 5.74) is 5.78. The Hall–Kier alpha value is -4.12. The predicted octanol–water partition coefficient (Wildman–Crippen LogP) is 5.45. The van der Waals surface area contributed by atoms with Crippen LogP contribution in [0.5, 0.6) is 0 Å². The maximum atomic E-state index is 13.6. The first-order valence-electron chi connectivity index (χ1n) is 10.6. The fourth-order valence-corrected chi connectivity index (χ4v) is 4.15. The molecule has 1 aliphatic rings. The molecule has 1 atom stereocenters. The number of para-hydroxylation sites is 1. The first kappa shape index (κ1) is 19.8. The normalized spacial score (nSPS) is 14.5. The first-order chi connectivity index (χ1) is 15.6. The number of Topliss-reactive ketones (excluding diaryl/α,β-unsaturated/α-hetero) is 1. The number of nitrogens with zero attached hydrogens (tertiary/aromatic N) is 1. The third-order valence-corrected chi connectivity index (χ3v) is 5.88. The molecule has 0 saturated heterocycles. The lowest BCUT2D eigenvalue weighted by Gasteiger charge is -2.19. The van der Waals surface area contributed by atoms with E-state index in [2.05, 4.69) is 21.3 Å². The van der Waals surface area contributed by atoms with Crippen molar-refractivity contribution in [1.82, 2.24) is 4.57 Å². The number of carbonyl (C=O) groups is 2. The lowest BCUT2D eigenvalue weighted by atomic mass is 9.98. The molecule has 158 valence electrons. The van der Waals surface area contributed by atoms with Crippen molar-refractivity contribution >= 4 is 23.1 Å². The summed E-state index contributed by atoms with van der Waals surface area (Å²) in [6, 6.07) is 26.0. The average molecular weight is 422 g/mol. The van der Waals surface area contributed by atoms with Crippen LogP contribution in [-0.2, 0) is 6.54 Å². The summed E-state index contributed by atoms with van der Waals surface area (Å²) in [5.74, 6) is -0.182. The molecule has 32 heavy (non-hydrogen) atoms. The van der Waals surface area contributed by atoms with Crippen LogP contribution < -0.4 is 10.6 Å². The van der Waals surface area contributed by atoms with Gasteiger partial charge >= 0.3 is 0 Å². The second kappa shape index (κ2) is 8.19. The molecule has 1 amide bonds. The zero-order valence-corrected chi connectivity index (χ0v) is 17.7. The van der Waals surface area contributed by atoms with Crippen LogP contribution in [0, 0.1) is 6.92 Å². The summed E-state index contributed by atoms with van der Waals surface area (Å²) < 4.78 is 2.11. The third kappa shape index (κ3) is 3.69. The Morgan fingerprint density at radius 3 is 2.50 bits per heavy atom. The molecule has 5 heteroatoms. The van der Waals surface area contributed by atoms with Gasteiger partial charge in [-0.3, -0.25) is 9.59 Å². The topological polar surface area (TPSA) is 63.1 Å². The van der Waals surface area contributed by atoms with E-state index in [4.69, 9.17) is 0 Å². The van der Waals surface area contributed by atoms with Gasteiger partial charge in [0, 0.05) is 40.9 Å². The molecule has 0 saturated carbocycles. The second-order valence-corrected chi connectivity index (χ2v) is 8.01. The lowest BCUT2D eigenvalue weighted by molar-refractivity contribution is 0.0966. The number of hydrogen-bond donors (Lipinski definition) is 2. The summed E-state index contributed by atoms with van der Waals surface area (Å²) in [6.45, 7) is 2.62. The maximum Gasteiger partial charge on any atom is 0.255 e. The minimum absolute atomic E-state index is 0.00862. The highest BCUT2D eigenvalue weighted by Gasteiger charge is 2.28. The van der Waals surface area contributed by atoms with Crippen LogP contribution in [0.3, 0.4) is 0 Å². The zero-order valence-electron chi connectivity index (χ0n) is 17.7. The number of hydrogen-bond acceptors (Lipinski definition) is 3. The minimum Gasteiger partial charge on any atom is -0.370 e. The molecule has 2 heterocycles. The van der Waals surface area contributed by atoms with Gasteiger partial charge in [-0.15, -0.1) is 0 Å². The zero-order chi connectivity index (χ0) is 22.1. The Morgan fingerprint density at radius 1 is 0.906 bits per heavy atom. The van der Waals surface area contributed by atoms with E-state index in [9.17, 15) is 9.59 Å². The van der Waals surface area contributed by atoms with Crippen LogP contribution in [0.25, 0.3) is 0 Å². The van der Waals surface area contributed by atoms with E-state index in [-0.39, 0.29) is 11.7 Å². The third-order valence-electron chi connectivity index (χ3n) is 5.88. The van der Waals surface area contributed by atoms with Crippen LogP contribution in [0.4, 0.5) is 11.4 Å². The molecule has 0 fully saturated rings. The molecule has 2 N–H and O–H groups in total. The van der Waals surface area contributed by atoms with E-state index in [0.29, 0.717) is 16.8 Å². The van der Waals surface area contributed by atoms with Gasteiger partial charge in [0.05, 0.1) is 0 Å².